The molecule has 1 saturated heterocycles. The van der Waals surface area contributed by atoms with Crippen molar-refractivity contribution in [2.24, 2.45) is 7.05 Å². The zero-order chi connectivity index (χ0) is 20.0. The number of amides is 1. The molecule has 0 aliphatic carbocycles. The molecule has 0 N–H and O–H groups in total. The average molecular weight is 388 g/mol. The maximum Gasteiger partial charge on any atom is 0.255 e. The molecule has 1 aliphatic rings. The molecule has 0 bridgehead atoms. The molecule has 1 aromatic carbocycles. The molecule has 0 spiro atoms. The van der Waals surface area contributed by atoms with Crippen molar-refractivity contribution in [1.29, 1.82) is 0 Å². The van der Waals surface area contributed by atoms with Gasteiger partial charge in [0.15, 0.2) is 0 Å². The van der Waals surface area contributed by atoms with E-state index >= 15 is 0 Å². The molecule has 146 valence electrons. The van der Waals surface area contributed by atoms with Crippen LogP contribution in [0.1, 0.15) is 40.6 Å². The smallest absolute Gasteiger partial charge is 0.255 e. The molecule has 1 atom stereocenters. The van der Waals surface area contributed by atoms with E-state index in [0.717, 1.165) is 46.4 Å². The minimum absolute atomic E-state index is 0.0290. The normalized spacial score (nSPS) is 16.6. The molecule has 4 aromatic rings. The standard InChI is InChI=1S/C21H20N6O2/c1-13-20(25-29-24-13)19-8-5-9-27(19)21(28)16-10-18(14-11-22-26(2)12-14)23-17-7-4-3-6-15(16)17/h3-4,6-7,10-12,19H,5,8-9H2,1-2H3. The van der Waals surface area contributed by atoms with E-state index in [1.54, 1.807) is 10.9 Å². The van der Waals surface area contributed by atoms with Crippen molar-refractivity contribution in [1.82, 2.24) is 30.0 Å². The number of benzene rings is 1. The van der Waals surface area contributed by atoms with Gasteiger partial charge in [-0.3, -0.25) is 9.48 Å². The van der Waals surface area contributed by atoms with E-state index in [4.69, 9.17) is 9.61 Å². The molecule has 0 radical (unpaired) electrons. The monoisotopic (exact) mass is 388 g/mol. The largest absolute Gasteiger partial charge is 0.330 e. The number of pyridine rings is 1. The predicted molar refractivity (Wildman–Crippen MR) is 106 cm³/mol. The topological polar surface area (TPSA) is 89.9 Å². The Kier molecular flexibility index (Phi) is 4.12. The number of aryl methyl sites for hydroxylation is 2. The van der Waals surface area contributed by atoms with Crippen molar-refractivity contribution in [3.8, 4) is 11.3 Å². The summed E-state index contributed by atoms with van der Waals surface area (Å²) in [4.78, 5) is 20.3. The van der Waals surface area contributed by atoms with Crippen LogP contribution in [0.2, 0.25) is 0 Å². The highest BCUT2D eigenvalue weighted by atomic mass is 16.6. The first-order valence-corrected chi connectivity index (χ1v) is 9.60. The minimum atomic E-state index is -0.123. The van der Waals surface area contributed by atoms with E-state index in [2.05, 4.69) is 15.4 Å². The van der Waals surface area contributed by atoms with Crippen LogP contribution in [0.15, 0.2) is 47.4 Å². The first-order chi connectivity index (χ1) is 14.1. The quantitative estimate of drug-likeness (QED) is 0.535. The molecule has 1 unspecified atom stereocenters. The summed E-state index contributed by atoms with van der Waals surface area (Å²) >= 11 is 0. The van der Waals surface area contributed by atoms with Crippen LogP contribution in [0.25, 0.3) is 22.2 Å². The zero-order valence-electron chi connectivity index (χ0n) is 16.2. The molecule has 8 nitrogen and oxygen atoms in total. The van der Waals surface area contributed by atoms with Gasteiger partial charge in [-0.1, -0.05) is 28.5 Å². The lowest BCUT2D eigenvalue weighted by Gasteiger charge is -2.24. The number of hydrogen-bond donors (Lipinski definition) is 0. The second-order valence-corrected chi connectivity index (χ2v) is 7.37. The highest BCUT2D eigenvalue weighted by Crippen LogP contribution is 2.35. The minimum Gasteiger partial charge on any atom is -0.330 e. The Hall–Kier alpha value is -3.55. The Morgan fingerprint density at radius 2 is 2.10 bits per heavy atom. The molecular weight excluding hydrogens is 368 g/mol. The van der Waals surface area contributed by atoms with Crippen LogP contribution in [0, 0.1) is 6.92 Å². The second kappa shape index (κ2) is 6.80. The number of aromatic nitrogens is 5. The predicted octanol–water partition coefficient (Wildman–Crippen LogP) is 3.30. The van der Waals surface area contributed by atoms with E-state index in [9.17, 15) is 4.79 Å². The fourth-order valence-corrected chi connectivity index (χ4v) is 4.04. The number of para-hydroxylation sites is 1. The van der Waals surface area contributed by atoms with Gasteiger partial charge in [-0.15, -0.1) is 0 Å². The zero-order valence-corrected chi connectivity index (χ0v) is 16.2. The lowest BCUT2D eigenvalue weighted by molar-refractivity contribution is 0.0732. The van der Waals surface area contributed by atoms with Gasteiger partial charge in [-0.25, -0.2) is 9.61 Å². The van der Waals surface area contributed by atoms with E-state index in [1.807, 2.05) is 55.4 Å². The SMILES string of the molecule is Cc1nonc1C1CCCN1C(=O)c1cc(-c2cnn(C)c2)nc2ccccc12. The molecule has 1 fully saturated rings. The third kappa shape index (κ3) is 2.97. The van der Waals surface area contributed by atoms with Crippen molar-refractivity contribution in [3.05, 3.63) is 59.7 Å². The summed E-state index contributed by atoms with van der Waals surface area (Å²) in [5.41, 5.74) is 4.49. The van der Waals surface area contributed by atoms with E-state index in [-0.39, 0.29) is 11.9 Å². The Morgan fingerprint density at radius 3 is 2.86 bits per heavy atom. The summed E-state index contributed by atoms with van der Waals surface area (Å²) in [5.74, 6) is -0.0290. The fraction of sp³-hybridized carbons (Fsp3) is 0.286. The van der Waals surface area contributed by atoms with Crippen molar-refractivity contribution < 1.29 is 9.42 Å². The van der Waals surface area contributed by atoms with Crippen molar-refractivity contribution in [2.75, 3.05) is 6.54 Å². The summed E-state index contributed by atoms with van der Waals surface area (Å²) in [6, 6.07) is 9.47. The average Bonchev–Trinajstić information content (AvgIpc) is 3.47. The van der Waals surface area contributed by atoms with Gasteiger partial charge in [-0.2, -0.15) is 5.10 Å². The van der Waals surface area contributed by atoms with Gasteiger partial charge in [0.25, 0.3) is 5.91 Å². The summed E-state index contributed by atoms with van der Waals surface area (Å²) < 4.78 is 6.61. The van der Waals surface area contributed by atoms with E-state index in [1.165, 1.54) is 0 Å². The number of likely N-dealkylation sites (tertiary alicyclic amines) is 1. The Bertz CT molecular complexity index is 1210. The van der Waals surface area contributed by atoms with E-state index < -0.39 is 0 Å². The first-order valence-electron chi connectivity index (χ1n) is 9.60. The van der Waals surface area contributed by atoms with Gasteiger partial charge < -0.3 is 4.90 Å². The highest BCUT2D eigenvalue weighted by Gasteiger charge is 2.34. The lowest BCUT2D eigenvalue weighted by atomic mass is 10.0. The first kappa shape index (κ1) is 17.5. The maximum atomic E-state index is 13.7. The number of rotatable bonds is 3. The molecule has 3 aromatic heterocycles. The molecule has 8 heteroatoms. The Balaban J connectivity index is 1.62. The summed E-state index contributed by atoms with van der Waals surface area (Å²) in [7, 11) is 1.86. The number of carbonyl (C=O) groups is 1. The van der Waals surface area contributed by atoms with Crippen LogP contribution in [0.5, 0.6) is 0 Å². The lowest BCUT2D eigenvalue weighted by Crippen LogP contribution is -2.31. The van der Waals surface area contributed by atoms with Gasteiger partial charge in [0.1, 0.15) is 11.4 Å². The molecule has 4 heterocycles. The summed E-state index contributed by atoms with van der Waals surface area (Å²) in [6.45, 7) is 2.53. The van der Waals surface area contributed by atoms with Gasteiger partial charge >= 0.3 is 0 Å². The number of hydrogen-bond acceptors (Lipinski definition) is 6. The number of nitrogens with zero attached hydrogens (tertiary/aromatic N) is 6. The van der Waals surface area contributed by atoms with Crippen molar-refractivity contribution in [2.45, 2.75) is 25.8 Å². The van der Waals surface area contributed by atoms with Crippen LogP contribution < -0.4 is 0 Å². The molecular formula is C21H20N6O2. The molecule has 0 saturated carbocycles. The molecule has 1 amide bonds. The third-order valence-corrected chi connectivity index (χ3v) is 5.46. The van der Waals surface area contributed by atoms with Crippen LogP contribution in [-0.2, 0) is 7.05 Å². The van der Waals surface area contributed by atoms with Crippen molar-refractivity contribution in [3.63, 3.8) is 0 Å². The van der Waals surface area contributed by atoms with Crippen molar-refractivity contribution >= 4 is 16.8 Å². The molecule has 29 heavy (non-hydrogen) atoms. The van der Waals surface area contributed by atoms with Gasteiger partial charge in [0.2, 0.25) is 0 Å². The number of carbonyl (C=O) groups excluding carboxylic acids is 1. The second-order valence-electron chi connectivity index (χ2n) is 7.37. The Morgan fingerprint density at radius 1 is 1.24 bits per heavy atom. The molecule has 5 rings (SSSR count). The van der Waals surface area contributed by atoms with Crippen LogP contribution in [-0.4, -0.2) is 42.4 Å². The van der Waals surface area contributed by atoms with Gasteiger partial charge in [0, 0.05) is 30.7 Å². The van der Waals surface area contributed by atoms with Gasteiger partial charge in [0.05, 0.1) is 29.0 Å². The molecule has 1 aliphatic heterocycles. The van der Waals surface area contributed by atoms with E-state index in [0.29, 0.717) is 12.1 Å². The Labute approximate surface area is 167 Å². The third-order valence-electron chi connectivity index (χ3n) is 5.46. The summed E-state index contributed by atoms with van der Waals surface area (Å²) in [5, 5.41) is 13.0. The van der Waals surface area contributed by atoms with Crippen LogP contribution in [0.4, 0.5) is 0 Å². The fourth-order valence-electron chi connectivity index (χ4n) is 4.04. The highest BCUT2D eigenvalue weighted by molar-refractivity contribution is 6.07. The number of fused-ring (bicyclic) bond motifs is 1. The van der Waals surface area contributed by atoms with Crippen LogP contribution >= 0.6 is 0 Å². The van der Waals surface area contributed by atoms with Gasteiger partial charge in [-0.05, 0) is 31.9 Å². The summed E-state index contributed by atoms with van der Waals surface area (Å²) in [6.07, 6.45) is 5.42. The van der Waals surface area contributed by atoms with Crippen LogP contribution in [0.3, 0.4) is 0 Å². The maximum absolute atomic E-state index is 13.7.